The van der Waals surface area contributed by atoms with E-state index in [1.54, 1.807) is 4.90 Å². The number of carbonyl (C=O) groups excluding carboxylic acids is 1. The molecule has 92 valence electrons. The van der Waals surface area contributed by atoms with E-state index in [9.17, 15) is 4.79 Å². The fourth-order valence-corrected chi connectivity index (χ4v) is 1.80. The summed E-state index contributed by atoms with van der Waals surface area (Å²) in [5.74, 6) is -0.134. The van der Waals surface area contributed by atoms with Gasteiger partial charge < -0.3 is 15.5 Å². The summed E-state index contributed by atoms with van der Waals surface area (Å²) in [4.78, 5) is 13.6. The standard InChI is InChI=1S/C11H22N4O/c1-5-9(13-3)15(10(6-2)14-4)11(16)7-8-12/h9-10,13-14H,5-7H2,1-4H3. The normalized spacial score (nSPS) is 13.9. The summed E-state index contributed by atoms with van der Waals surface area (Å²) in [7, 11) is 3.65. The van der Waals surface area contributed by atoms with Crippen LogP contribution in [0.4, 0.5) is 0 Å². The van der Waals surface area contributed by atoms with Crippen LogP contribution in [0.1, 0.15) is 33.1 Å². The van der Waals surface area contributed by atoms with Gasteiger partial charge in [0.25, 0.3) is 0 Å². The van der Waals surface area contributed by atoms with Crippen LogP contribution in [-0.4, -0.2) is 37.2 Å². The quantitative estimate of drug-likeness (QED) is 0.625. The second-order valence-electron chi connectivity index (χ2n) is 3.56. The Hall–Kier alpha value is -1.12. The van der Waals surface area contributed by atoms with Crippen molar-refractivity contribution in [2.75, 3.05) is 14.1 Å². The van der Waals surface area contributed by atoms with Crippen molar-refractivity contribution in [3.63, 3.8) is 0 Å². The van der Waals surface area contributed by atoms with Gasteiger partial charge in [-0.1, -0.05) is 13.8 Å². The average molecular weight is 226 g/mol. The first-order valence-electron chi connectivity index (χ1n) is 5.68. The van der Waals surface area contributed by atoms with E-state index >= 15 is 0 Å². The molecule has 0 heterocycles. The van der Waals surface area contributed by atoms with Crippen molar-refractivity contribution >= 4 is 5.91 Å². The molecule has 0 aromatic carbocycles. The molecule has 0 aliphatic carbocycles. The van der Waals surface area contributed by atoms with Crippen molar-refractivity contribution < 1.29 is 4.79 Å². The molecule has 0 rings (SSSR count). The van der Waals surface area contributed by atoms with Gasteiger partial charge in [-0.05, 0) is 26.9 Å². The number of carbonyl (C=O) groups is 1. The minimum atomic E-state index is -0.134. The second kappa shape index (κ2) is 8.08. The zero-order valence-corrected chi connectivity index (χ0v) is 10.6. The Balaban J connectivity index is 4.87. The van der Waals surface area contributed by atoms with Crippen LogP contribution in [0.5, 0.6) is 0 Å². The van der Waals surface area contributed by atoms with E-state index in [-0.39, 0.29) is 24.7 Å². The van der Waals surface area contributed by atoms with Gasteiger partial charge in [0.1, 0.15) is 6.42 Å². The van der Waals surface area contributed by atoms with Gasteiger partial charge in [0.05, 0.1) is 18.4 Å². The smallest absolute Gasteiger partial charge is 0.239 e. The summed E-state index contributed by atoms with van der Waals surface area (Å²) in [5, 5.41) is 14.8. The molecule has 0 saturated heterocycles. The van der Waals surface area contributed by atoms with Crippen LogP contribution < -0.4 is 10.6 Å². The molecule has 0 bridgehead atoms. The molecule has 0 aliphatic heterocycles. The van der Waals surface area contributed by atoms with E-state index in [0.29, 0.717) is 0 Å². The first kappa shape index (κ1) is 14.9. The summed E-state index contributed by atoms with van der Waals surface area (Å²) in [6.45, 7) is 4.02. The van der Waals surface area contributed by atoms with Crippen molar-refractivity contribution in [1.82, 2.24) is 15.5 Å². The van der Waals surface area contributed by atoms with Crippen LogP contribution in [0.25, 0.3) is 0 Å². The molecule has 2 unspecified atom stereocenters. The number of nitrogens with one attached hydrogen (secondary N) is 2. The SMILES string of the molecule is CCC(NC)N(C(=O)CC#N)C(CC)NC. The molecule has 0 aromatic rings. The number of amides is 1. The molecule has 2 atom stereocenters. The Bertz CT molecular complexity index is 229. The first-order valence-corrected chi connectivity index (χ1v) is 5.68. The maximum absolute atomic E-state index is 11.9. The lowest BCUT2D eigenvalue weighted by atomic mass is 10.2. The maximum atomic E-state index is 11.9. The zero-order valence-electron chi connectivity index (χ0n) is 10.6. The number of nitriles is 1. The number of hydrogen-bond donors (Lipinski definition) is 2. The molecule has 0 saturated carbocycles. The Morgan fingerprint density at radius 1 is 1.25 bits per heavy atom. The molecule has 0 radical (unpaired) electrons. The first-order chi connectivity index (χ1) is 7.65. The van der Waals surface area contributed by atoms with Crippen LogP contribution in [0.2, 0.25) is 0 Å². The minimum Gasteiger partial charge on any atom is -0.311 e. The lowest BCUT2D eigenvalue weighted by Gasteiger charge is -2.36. The van der Waals surface area contributed by atoms with Crippen molar-refractivity contribution in [2.45, 2.75) is 45.4 Å². The van der Waals surface area contributed by atoms with Crippen molar-refractivity contribution in [3.8, 4) is 6.07 Å². The highest BCUT2D eigenvalue weighted by molar-refractivity contribution is 5.78. The van der Waals surface area contributed by atoms with Crippen molar-refractivity contribution in [2.24, 2.45) is 0 Å². The Labute approximate surface area is 97.8 Å². The molecule has 5 heteroatoms. The highest BCUT2D eigenvalue weighted by atomic mass is 16.2. The highest BCUT2D eigenvalue weighted by Gasteiger charge is 2.26. The summed E-state index contributed by atoms with van der Waals surface area (Å²) in [5.41, 5.74) is 0. The molecule has 2 N–H and O–H groups in total. The van der Waals surface area contributed by atoms with Gasteiger partial charge in [0.2, 0.25) is 5.91 Å². The fraction of sp³-hybridized carbons (Fsp3) is 0.818. The van der Waals surface area contributed by atoms with E-state index in [1.807, 2.05) is 34.0 Å². The topological polar surface area (TPSA) is 68.2 Å². The van der Waals surface area contributed by atoms with Gasteiger partial charge in [0, 0.05) is 0 Å². The van der Waals surface area contributed by atoms with Gasteiger partial charge in [-0.15, -0.1) is 0 Å². The lowest BCUT2D eigenvalue weighted by Crippen LogP contribution is -2.56. The van der Waals surface area contributed by atoms with Crippen LogP contribution in [0.15, 0.2) is 0 Å². The number of nitrogens with zero attached hydrogens (tertiary/aromatic N) is 2. The summed E-state index contributed by atoms with van der Waals surface area (Å²) >= 11 is 0. The van der Waals surface area contributed by atoms with E-state index in [2.05, 4.69) is 10.6 Å². The maximum Gasteiger partial charge on any atom is 0.239 e. The number of rotatable bonds is 7. The van der Waals surface area contributed by atoms with E-state index in [0.717, 1.165) is 12.8 Å². The average Bonchev–Trinajstić information content (AvgIpc) is 2.30. The molecular weight excluding hydrogens is 204 g/mol. The third-order valence-electron chi connectivity index (χ3n) is 2.63. The lowest BCUT2D eigenvalue weighted by molar-refractivity contribution is -0.136. The van der Waals surface area contributed by atoms with Gasteiger partial charge >= 0.3 is 0 Å². The zero-order chi connectivity index (χ0) is 12.6. The van der Waals surface area contributed by atoms with Gasteiger partial charge in [-0.2, -0.15) is 5.26 Å². The summed E-state index contributed by atoms with van der Waals surface area (Å²) < 4.78 is 0. The van der Waals surface area contributed by atoms with E-state index < -0.39 is 0 Å². The van der Waals surface area contributed by atoms with Crippen molar-refractivity contribution in [1.29, 1.82) is 5.26 Å². The summed E-state index contributed by atoms with van der Waals surface area (Å²) in [6, 6.07) is 1.91. The third-order valence-corrected chi connectivity index (χ3v) is 2.63. The number of hydrogen-bond acceptors (Lipinski definition) is 4. The van der Waals surface area contributed by atoms with Gasteiger partial charge in [0.15, 0.2) is 0 Å². The third kappa shape index (κ3) is 3.80. The predicted octanol–water partition coefficient (Wildman–Crippen LogP) is 0.640. The van der Waals surface area contributed by atoms with E-state index in [1.165, 1.54) is 0 Å². The second-order valence-corrected chi connectivity index (χ2v) is 3.56. The molecular formula is C11H22N4O. The Morgan fingerprint density at radius 3 is 1.94 bits per heavy atom. The molecule has 1 amide bonds. The fourth-order valence-electron chi connectivity index (χ4n) is 1.80. The van der Waals surface area contributed by atoms with Gasteiger partial charge in [-0.3, -0.25) is 4.79 Å². The van der Waals surface area contributed by atoms with Crippen molar-refractivity contribution in [3.05, 3.63) is 0 Å². The highest BCUT2D eigenvalue weighted by Crippen LogP contribution is 2.10. The molecule has 5 nitrogen and oxygen atoms in total. The Morgan fingerprint density at radius 2 is 1.69 bits per heavy atom. The monoisotopic (exact) mass is 226 g/mol. The molecule has 0 aliphatic rings. The molecule has 0 aromatic heterocycles. The van der Waals surface area contributed by atoms with Crippen LogP contribution >= 0.6 is 0 Å². The van der Waals surface area contributed by atoms with Crippen LogP contribution in [0.3, 0.4) is 0 Å². The predicted molar refractivity (Wildman–Crippen MR) is 63.4 cm³/mol. The summed E-state index contributed by atoms with van der Waals surface area (Å²) in [6.07, 6.45) is 1.49. The molecule has 0 spiro atoms. The molecule has 16 heavy (non-hydrogen) atoms. The van der Waals surface area contributed by atoms with Gasteiger partial charge in [-0.25, -0.2) is 0 Å². The minimum absolute atomic E-state index is 0.0294. The van der Waals surface area contributed by atoms with Crippen LogP contribution in [-0.2, 0) is 4.79 Å². The van der Waals surface area contributed by atoms with Crippen LogP contribution in [0, 0.1) is 11.3 Å². The molecule has 0 fully saturated rings. The largest absolute Gasteiger partial charge is 0.311 e. The van der Waals surface area contributed by atoms with E-state index in [4.69, 9.17) is 5.26 Å². The Kier molecular flexibility index (Phi) is 7.52.